The van der Waals surface area contributed by atoms with Gasteiger partial charge in [-0.1, -0.05) is 18.2 Å². The first-order valence-electron chi connectivity index (χ1n) is 8.85. The number of para-hydroxylation sites is 1. The number of hydrogen-bond acceptors (Lipinski definition) is 5. The van der Waals surface area contributed by atoms with Gasteiger partial charge in [0.05, 0.1) is 19.8 Å². The number of nitriles is 1. The summed E-state index contributed by atoms with van der Waals surface area (Å²) >= 11 is 0. The van der Waals surface area contributed by atoms with E-state index in [1.54, 1.807) is 26.4 Å². The summed E-state index contributed by atoms with van der Waals surface area (Å²) in [6, 6.07) is 13.7. The first-order chi connectivity index (χ1) is 12.7. The van der Waals surface area contributed by atoms with Gasteiger partial charge in [0.1, 0.15) is 23.3 Å². The van der Waals surface area contributed by atoms with Crippen LogP contribution in [0, 0.1) is 11.3 Å². The van der Waals surface area contributed by atoms with E-state index >= 15 is 0 Å². The van der Waals surface area contributed by atoms with Gasteiger partial charge in [0.15, 0.2) is 0 Å². The van der Waals surface area contributed by atoms with E-state index in [1.807, 2.05) is 24.3 Å². The highest BCUT2D eigenvalue weighted by Crippen LogP contribution is 2.34. The summed E-state index contributed by atoms with van der Waals surface area (Å²) in [5, 5.41) is 23.0. The zero-order valence-electron chi connectivity index (χ0n) is 15.2. The lowest BCUT2D eigenvalue weighted by Gasteiger charge is -2.32. The van der Waals surface area contributed by atoms with Crippen LogP contribution in [-0.4, -0.2) is 25.4 Å². The van der Waals surface area contributed by atoms with E-state index in [9.17, 15) is 10.4 Å². The zero-order chi connectivity index (χ0) is 18.5. The minimum Gasteiger partial charge on any atom is -0.508 e. The molecule has 2 aromatic rings. The first-order valence-corrected chi connectivity index (χ1v) is 8.85. The molecule has 1 heterocycles. The van der Waals surface area contributed by atoms with Gasteiger partial charge in [0, 0.05) is 23.7 Å². The fourth-order valence-electron chi connectivity index (χ4n) is 3.68. The van der Waals surface area contributed by atoms with Crippen molar-refractivity contribution in [3.8, 4) is 23.3 Å². The normalized spacial score (nSPS) is 19.6. The quantitative estimate of drug-likeness (QED) is 0.858. The minimum absolute atomic E-state index is 0.140. The van der Waals surface area contributed by atoms with Crippen LogP contribution in [0.2, 0.25) is 0 Å². The van der Waals surface area contributed by atoms with Crippen LogP contribution < -0.4 is 14.8 Å². The van der Waals surface area contributed by atoms with Gasteiger partial charge < -0.3 is 19.9 Å². The van der Waals surface area contributed by atoms with Gasteiger partial charge in [0.2, 0.25) is 0 Å². The molecule has 3 rings (SSSR count). The van der Waals surface area contributed by atoms with E-state index in [4.69, 9.17) is 9.47 Å². The molecule has 26 heavy (non-hydrogen) atoms. The van der Waals surface area contributed by atoms with Crippen LogP contribution >= 0.6 is 0 Å². The van der Waals surface area contributed by atoms with Crippen molar-refractivity contribution < 1.29 is 14.6 Å². The summed E-state index contributed by atoms with van der Waals surface area (Å²) in [5.74, 6) is 1.61. The van der Waals surface area contributed by atoms with E-state index in [0.717, 1.165) is 36.8 Å². The second-order valence-electron chi connectivity index (χ2n) is 6.59. The number of benzene rings is 2. The standard InChI is InChI=1S/C21H24N2O3/c1-25-20-12-15(13-22)21(26-2)11-14(20)10-16-6-5-8-18(23-16)17-7-3-4-9-19(17)24/h3-4,7,9,11-12,16,18,23-24H,5-6,8,10H2,1-2H3. The molecule has 2 N–H and O–H groups in total. The van der Waals surface area contributed by atoms with Crippen LogP contribution in [0.15, 0.2) is 36.4 Å². The lowest BCUT2D eigenvalue weighted by molar-refractivity contribution is 0.312. The molecule has 0 radical (unpaired) electrons. The fourth-order valence-corrected chi connectivity index (χ4v) is 3.68. The summed E-state index contributed by atoms with van der Waals surface area (Å²) in [6.07, 6.45) is 3.92. The van der Waals surface area contributed by atoms with E-state index in [1.165, 1.54) is 0 Å². The number of hydrogen-bond donors (Lipinski definition) is 2. The number of aromatic hydroxyl groups is 1. The summed E-state index contributed by atoms with van der Waals surface area (Å²) in [4.78, 5) is 0. The Hall–Kier alpha value is -2.71. The van der Waals surface area contributed by atoms with Crippen molar-refractivity contribution in [3.05, 3.63) is 53.1 Å². The third-order valence-corrected chi connectivity index (χ3v) is 4.98. The highest BCUT2D eigenvalue weighted by Gasteiger charge is 2.25. The molecule has 0 amide bonds. The molecule has 2 unspecified atom stereocenters. The second kappa shape index (κ2) is 8.11. The average Bonchev–Trinajstić information content (AvgIpc) is 2.68. The van der Waals surface area contributed by atoms with Crippen LogP contribution in [-0.2, 0) is 6.42 Å². The van der Waals surface area contributed by atoms with Crippen molar-refractivity contribution in [2.24, 2.45) is 0 Å². The van der Waals surface area contributed by atoms with Crippen molar-refractivity contribution in [2.75, 3.05) is 14.2 Å². The van der Waals surface area contributed by atoms with Crippen molar-refractivity contribution >= 4 is 0 Å². The van der Waals surface area contributed by atoms with Crippen molar-refractivity contribution in [1.82, 2.24) is 5.32 Å². The van der Waals surface area contributed by atoms with E-state index in [-0.39, 0.29) is 12.1 Å². The Morgan fingerprint density at radius 1 is 1.15 bits per heavy atom. The van der Waals surface area contributed by atoms with Gasteiger partial charge >= 0.3 is 0 Å². The molecule has 0 bridgehead atoms. The predicted octanol–water partition coefficient (Wildman–Crippen LogP) is 3.71. The van der Waals surface area contributed by atoms with Crippen LogP contribution in [0.4, 0.5) is 0 Å². The largest absolute Gasteiger partial charge is 0.508 e. The Labute approximate surface area is 154 Å². The Bertz CT molecular complexity index is 813. The van der Waals surface area contributed by atoms with Crippen molar-refractivity contribution in [1.29, 1.82) is 5.26 Å². The maximum absolute atomic E-state index is 10.1. The van der Waals surface area contributed by atoms with Gasteiger partial charge in [-0.3, -0.25) is 0 Å². The maximum atomic E-state index is 10.1. The lowest BCUT2D eigenvalue weighted by atomic mass is 9.89. The molecule has 0 aliphatic carbocycles. The smallest absolute Gasteiger partial charge is 0.137 e. The van der Waals surface area contributed by atoms with E-state index in [0.29, 0.717) is 22.8 Å². The molecule has 2 aromatic carbocycles. The monoisotopic (exact) mass is 352 g/mol. The zero-order valence-corrected chi connectivity index (χ0v) is 15.2. The molecule has 0 spiro atoms. The SMILES string of the molecule is COc1cc(CC2CCCC(c3ccccc3O)N2)c(OC)cc1C#N. The van der Waals surface area contributed by atoms with Crippen molar-refractivity contribution in [3.63, 3.8) is 0 Å². The van der Waals surface area contributed by atoms with Crippen LogP contribution in [0.3, 0.4) is 0 Å². The van der Waals surface area contributed by atoms with Gasteiger partial charge in [-0.2, -0.15) is 5.26 Å². The third-order valence-electron chi connectivity index (χ3n) is 4.98. The minimum atomic E-state index is 0.140. The van der Waals surface area contributed by atoms with Gasteiger partial charge in [0.25, 0.3) is 0 Å². The second-order valence-corrected chi connectivity index (χ2v) is 6.59. The van der Waals surface area contributed by atoms with Crippen LogP contribution in [0.5, 0.6) is 17.2 Å². The van der Waals surface area contributed by atoms with E-state index < -0.39 is 0 Å². The number of phenolic OH excluding ortho intramolecular Hbond substituents is 1. The summed E-state index contributed by atoms with van der Waals surface area (Å²) in [6.45, 7) is 0. The van der Waals surface area contributed by atoms with Gasteiger partial charge in [-0.25, -0.2) is 0 Å². The Morgan fingerprint density at radius 2 is 1.92 bits per heavy atom. The van der Waals surface area contributed by atoms with Crippen LogP contribution in [0.1, 0.15) is 42.0 Å². The van der Waals surface area contributed by atoms with Gasteiger partial charge in [-0.15, -0.1) is 0 Å². The third kappa shape index (κ3) is 3.76. The highest BCUT2D eigenvalue weighted by molar-refractivity contribution is 5.52. The Kier molecular flexibility index (Phi) is 5.65. The topological polar surface area (TPSA) is 74.5 Å². The molecule has 1 aliphatic heterocycles. The molecule has 5 nitrogen and oxygen atoms in total. The molecule has 1 saturated heterocycles. The molecule has 0 saturated carbocycles. The molecule has 1 aliphatic rings. The summed E-state index contributed by atoms with van der Waals surface area (Å²) in [7, 11) is 3.19. The molecule has 2 atom stereocenters. The fraction of sp³-hybridized carbons (Fsp3) is 0.381. The Balaban J connectivity index is 1.80. The number of phenols is 1. The molecular weight excluding hydrogens is 328 g/mol. The molecule has 0 aromatic heterocycles. The molecule has 5 heteroatoms. The summed E-state index contributed by atoms with van der Waals surface area (Å²) < 4.78 is 10.8. The van der Waals surface area contributed by atoms with E-state index in [2.05, 4.69) is 11.4 Å². The van der Waals surface area contributed by atoms with Crippen LogP contribution in [0.25, 0.3) is 0 Å². The lowest BCUT2D eigenvalue weighted by Crippen LogP contribution is -2.38. The number of methoxy groups -OCH3 is 2. The highest BCUT2D eigenvalue weighted by atomic mass is 16.5. The number of piperidine rings is 1. The maximum Gasteiger partial charge on any atom is 0.137 e. The molecule has 136 valence electrons. The predicted molar refractivity (Wildman–Crippen MR) is 99.6 cm³/mol. The number of rotatable bonds is 5. The first kappa shape index (κ1) is 18.1. The average molecular weight is 352 g/mol. The number of nitrogens with one attached hydrogen (secondary N) is 1. The Morgan fingerprint density at radius 3 is 2.62 bits per heavy atom. The molecule has 1 fully saturated rings. The number of ether oxygens (including phenoxy) is 2. The summed E-state index contributed by atoms with van der Waals surface area (Å²) in [5.41, 5.74) is 2.43. The van der Waals surface area contributed by atoms with Gasteiger partial charge in [-0.05, 0) is 43.4 Å². The van der Waals surface area contributed by atoms with Crippen molar-refractivity contribution in [2.45, 2.75) is 37.8 Å². The number of nitrogens with zero attached hydrogens (tertiary/aromatic N) is 1. The molecular formula is C21H24N2O3.